The number of primary amides is 1. The summed E-state index contributed by atoms with van der Waals surface area (Å²) in [5.41, 5.74) is 11.0. The zero-order chi connectivity index (χ0) is 14.1. The van der Waals surface area contributed by atoms with Gasteiger partial charge in [-0.3, -0.25) is 9.48 Å². The lowest BCUT2D eigenvalue weighted by Crippen LogP contribution is -2.36. The molecule has 8 nitrogen and oxygen atoms in total. The summed E-state index contributed by atoms with van der Waals surface area (Å²) in [6, 6.07) is -0.605. The molecule has 0 radical (unpaired) electrons. The van der Waals surface area contributed by atoms with E-state index in [-0.39, 0.29) is 17.1 Å². The van der Waals surface area contributed by atoms with E-state index in [1.165, 1.54) is 4.68 Å². The van der Waals surface area contributed by atoms with E-state index >= 15 is 0 Å². The maximum absolute atomic E-state index is 12.1. The number of aryl methyl sites for hydroxylation is 1. The minimum atomic E-state index is -3.81. The Morgan fingerprint density at radius 1 is 1.56 bits per heavy atom. The predicted octanol–water partition coefficient (Wildman–Crippen LogP) is -1.15. The molecule has 18 heavy (non-hydrogen) atoms. The van der Waals surface area contributed by atoms with Crippen molar-refractivity contribution in [3.05, 3.63) is 5.69 Å². The summed E-state index contributed by atoms with van der Waals surface area (Å²) >= 11 is 0. The van der Waals surface area contributed by atoms with Crippen molar-refractivity contribution in [3.63, 3.8) is 0 Å². The minimum Gasteiger partial charge on any atom is -0.381 e. The number of aromatic nitrogens is 2. The number of rotatable bonds is 5. The molecule has 102 valence electrons. The van der Waals surface area contributed by atoms with Crippen molar-refractivity contribution in [1.29, 1.82) is 0 Å². The normalized spacial score (nSPS) is 13.5. The van der Waals surface area contributed by atoms with Crippen LogP contribution in [-0.4, -0.2) is 30.1 Å². The molecule has 0 fully saturated rings. The molecule has 0 aliphatic heterocycles. The Hall–Kier alpha value is -1.61. The van der Waals surface area contributed by atoms with Crippen molar-refractivity contribution in [1.82, 2.24) is 14.5 Å². The molecule has 1 aromatic heterocycles. The number of sulfonamides is 1. The molecular formula is C9H17N5O3S. The summed E-state index contributed by atoms with van der Waals surface area (Å²) in [6.45, 7) is 3.14. The van der Waals surface area contributed by atoms with Gasteiger partial charge in [0.2, 0.25) is 15.9 Å². The topological polar surface area (TPSA) is 133 Å². The average Bonchev–Trinajstić information content (AvgIpc) is 2.37. The van der Waals surface area contributed by atoms with E-state index in [0.29, 0.717) is 5.69 Å². The second-order valence-corrected chi connectivity index (χ2v) is 5.77. The van der Waals surface area contributed by atoms with E-state index in [1.807, 2.05) is 0 Å². The van der Waals surface area contributed by atoms with Crippen LogP contribution in [0.2, 0.25) is 0 Å². The maximum Gasteiger partial charge on any atom is 0.246 e. The standard InChI is InChI=1S/C9H17N5O3S/c1-5(4-7(10)15)13-18(16,17)8-6(2)14(3)12-9(8)11/h5,13H,4H2,1-3H3,(H2,10,15)(H2,11,12). The number of carbonyl (C=O) groups is 1. The summed E-state index contributed by atoms with van der Waals surface area (Å²) in [4.78, 5) is 10.6. The first-order valence-corrected chi connectivity index (χ1v) is 6.73. The summed E-state index contributed by atoms with van der Waals surface area (Å²) < 4.78 is 27.9. The Bertz CT molecular complexity index is 563. The fourth-order valence-electron chi connectivity index (χ4n) is 1.61. The third-order valence-electron chi connectivity index (χ3n) is 2.44. The van der Waals surface area contributed by atoms with Crippen LogP contribution in [0.1, 0.15) is 19.0 Å². The number of nitrogens with two attached hydrogens (primary N) is 2. The molecule has 1 unspecified atom stereocenters. The highest BCUT2D eigenvalue weighted by Gasteiger charge is 2.26. The highest BCUT2D eigenvalue weighted by atomic mass is 32.2. The monoisotopic (exact) mass is 275 g/mol. The van der Waals surface area contributed by atoms with Crippen molar-refractivity contribution in [3.8, 4) is 0 Å². The Morgan fingerprint density at radius 2 is 2.11 bits per heavy atom. The molecule has 0 aliphatic rings. The van der Waals surface area contributed by atoms with Gasteiger partial charge in [0.1, 0.15) is 4.90 Å². The van der Waals surface area contributed by atoms with Crippen LogP contribution in [0.25, 0.3) is 0 Å². The Morgan fingerprint density at radius 3 is 2.50 bits per heavy atom. The largest absolute Gasteiger partial charge is 0.381 e. The van der Waals surface area contributed by atoms with Gasteiger partial charge in [0.25, 0.3) is 0 Å². The lowest BCUT2D eigenvalue weighted by Gasteiger charge is -2.12. The van der Waals surface area contributed by atoms with Crippen molar-refractivity contribution in [2.24, 2.45) is 12.8 Å². The van der Waals surface area contributed by atoms with Crippen LogP contribution in [-0.2, 0) is 21.9 Å². The van der Waals surface area contributed by atoms with E-state index in [4.69, 9.17) is 11.5 Å². The highest BCUT2D eigenvalue weighted by molar-refractivity contribution is 7.89. The molecule has 0 saturated heterocycles. The quantitative estimate of drug-likeness (QED) is 0.624. The van der Waals surface area contributed by atoms with Crippen LogP contribution in [0.3, 0.4) is 0 Å². The smallest absolute Gasteiger partial charge is 0.246 e. The van der Waals surface area contributed by atoms with Gasteiger partial charge in [0.15, 0.2) is 5.82 Å². The zero-order valence-corrected chi connectivity index (χ0v) is 11.3. The van der Waals surface area contributed by atoms with Gasteiger partial charge in [0, 0.05) is 19.5 Å². The lowest BCUT2D eigenvalue weighted by atomic mass is 10.2. The molecule has 0 aliphatic carbocycles. The average molecular weight is 275 g/mol. The molecule has 0 bridgehead atoms. The zero-order valence-electron chi connectivity index (χ0n) is 10.5. The molecule has 1 aromatic rings. The van der Waals surface area contributed by atoms with E-state index in [1.54, 1.807) is 20.9 Å². The molecule has 0 spiro atoms. The summed E-state index contributed by atoms with van der Waals surface area (Å²) in [7, 11) is -2.22. The van der Waals surface area contributed by atoms with Gasteiger partial charge in [-0.25, -0.2) is 13.1 Å². The van der Waals surface area contributed by atoms with E-state index in [0.717, 1.165) is 0 Å². The number of nitrogens with zero attached hydrogens (tertiary/aromatic N) is 2. The molecule has 9 heteroatoms. The van der Waals surface area contributed by atoms with Crippen molar-refractivity contribution < 1.29 is 13.2 Å². The Labute approximate surface area is 105 Å². The number of hydrogen-bond donors (Lipinski definition) is 3. The predicted molar refractivity (Wildman–Crippen MR) is 66.0 cm³/mol. The number of hydrogen-bond acceptors (Lipinski definition) is 5. The fourth-order valence-corrected chi connectivity index (χ4v) is 3.18. The molecule has 5 N–H and O–H groups in total. The molecule has 1 atom stereocenters. The number of nitrogen functional groups attached to an aromatic ring is 1. The van der Waals surface area contributed by atoms with Gasteiger partial charge in [-0.2, -0.15) is 5.10 Å². The molecule has 0 saturated carbocycles. The van der Waals surface area contributed by atoms with Crippen LogP contribution in [0.15, 0.2) is 4.90 Å². The highest BCUT2D eigenvalue weighted by Crippen LogP contribution is 2.21. The molecule has 1 heterocycles. The third kappa shape index (κ3) is 2.99. The van der Waals surface area contributed by atoms with Gasteiger partial charge in [-0.1, -0.05) is 0 Å². The van der Waals surface area contributed by atoms with Gasteiger partial charge in [0.05, 0.1) is 5.69 Å². The first-order valence-electron chi connectivity index (χ1n) is 5.25. The van der Waals surface area contributed by atoms with Crippen LogP contribution in [0.4, 0.5) is 5.82 Å². The van der Waals surface area contributed by atoms with Crippen molar-refractivity contribution in [2.75, 3.05) is 5.73 Å². The van der Waals surface area contributed by atoms with Crippen LogP contribution in [0.5, 0.6) is 0 Å². The van der Waals surface area contributed by atoms with E-state index in [9.17, 15) is 13.2 Å². The fraction of sp³-hybridized carbons (Fsp3) is 0.556. The molecular weight excluding hydrogens is 258 g/mol. The maximum atomic E-state index is 12.1. The van der Waals surface area contributed by atoms with Gasteiger partial charge in [-0.05, 0) is 13.8 Å². The molecule has 1 rings (SSSR count). The van der Waals surface area contributed by atoms with Crippen LogP contribution < -0.4 is 16.2 Å². The first-order chi connectivity index (χ1) is 8.15. The third-order valence-corrected chi connectivity index (χ3v) is 4.19. The summed E-state index contributed by atoms with van der Waals surface area (Å²) in [6.07, 6.45) is -0.0849. The van der Waals surface area contributed by atoms with E-state index < -0.39 is 22.0 Å². The number of anilines is 1. The minimum absolute atomic E-state index is 0.0682. The number of amides is 1. The first kappa shape index (κ1) is 14.5. The second-order valence-electron chi connectivity index (χ2n) is 4.12. The Balaban J connectivity index is 3.04. The molecule has 1 amide bonds. The second kappa shape index (κ2) is 4.94. The van der Waals surface area contributed by atoms with Crippen molar-refractivity contribution >= 4 is 21.7 Å². The Kier molecular flexibility index (Phi) is 3.97. The summed E-state index contributed by atoms with van der Waals surface area (Å²) in [5, 5.41) is 3.83. The van der Waals surface area contributed by atoms with Gasteiger partial charge >= 0.3 is 0 Å². The van der Waals surface area contributed by atoms with Gasteiger partial charge in [-0.15, -0.1) is 0 Å². The summed E-state index contributed by atoms with van der Waals surface area (Å²) in [5.74, 6) is -0.658. The lowest BCUT2D eigenvalue weighted by molar-refractivity contribution is -0.118. The van der Waals surface area contributed by atoms with E-state index in [2.05, 4.69) is 9.82 Å². The number of carbonyl (C=O) groups excluding carboxylic acids is 1. The van der Waals surface area contributed by atoms with Crippen LogP contribution >= 0.6 is 0 Å². The van der Waals surface area contributed by atoms with Crippen LogP contribution in [0, 0.1) is 6.92 Å². The van der Waals surface area contributed by atoms with Crippen molar-refractivity contribution in [2.45, 2.75) is 31.2 Å². The number of nitrogens with one attached hydrogen (secondary N) is 1. The molecule has 0 aromatic carbocycles. The SMILES string of the molecule is Cc1c(S(=O)(=O)NC(C)CC(N)=O)c(N)nn1C. The van der Waals surface area contributed by atoms with Gasteiger partial charge < -0.3 is 11.5 Å².